The van der Waals surface area contributed by atoms with Crippen LogP contribution in [0.3, 0.4) is 0 Å². The maximum atomic E-state index is 6.22. The van der Waals surface area contributed by atoms with Gasteiger partial charge in [-0.25, -0.2) is 0 Å². The molecule has 3 aromatic heterocycles. The van der Waals surface area contributed by atoms with Crippen molar-refractivity contribution in [1.82, 2.24) is 9.13 Å². The first-order valence-corrected chi connectivity index (χ1v) is 20.1. The third kappa shape index (κ3) is 4.44. The van der Waals surface area contributed by atoms with Crippen molar-refractivity contribution < 1.29 is 4.42 Å². The van der Waals surface area contributed by atoms with E-state index in [9.17, 15) is 0 Å². The van der Waals surface area contributed by atoms with Crippen LogP contribution in [-0.2, 0) is 0 Å². The molecule has 0 aliphatic heterocycles. The zero-order valence-electron chi connectivity index (χ0n) is 31.5. The predicted molar refractivity (Wildman–Crippen MR) is 246 cm³/mol. The second kappa shape index (κ2) is 11.9. The molecule has 0 radical (unpaired) electrons. The van der Waals surface area contributed by atoms with E-state index in [4.69, 9.17) is 4.42 Å². The molecule has 0 unspecified atom stereocenters. The van der Waals surface area contributed by atoms with E-state index in [0.29, 0.717) is 0 Å². The fourth-order valence-electron chi connectivity index (χ4n) is 9.89. The zero-order chi connectivity index (χ0) is 37.9. The van der Waals surface area contributed by atoms with Crippen LogP contribution in [0.15, 0.2) is 186 Å². The molecule has 0 saturated heterocycles. The van der Waals surface area contributed by atoms with Crippen LogP contribution in [0, 0.1) is 0 Å². The molecule has 0 N–H and O–H groups in total. The average Bonchev–Trinajstić information content (AvgIpc) is 3.85. The number of hydrogen-bond acceptors (Lipinski definition) is 1. The number of benzene rings is 9. The fourth-order valence-corrected chi connectivity index (χ4v) is 9.89. The number of hydrogen-bond donors (Lipinski definition) is 0. The molecule has 13 rings (SSSR count). The van der Waals surface area contributed by atoms with Crippen molar-refractivity contribution in [2.24, 2.45) is 0 Å². The quantitative estimate of drug-likeness (QED) is 0.166. The van der Waals surface area contributed by atoms with Crippen molar-refractivity contribution in [3.8, 4) is 22.5 Å². The van der Waals surface area contributed by atoms with Crippen LogP contribution in [0.4, 0.5) is 0 Å². The molecule has 270 valence electrons. The molecular formula is C55H34N2O. The Bertz CT molecular complexity index is 3720. The summed E-state index contributed by atoms with van der Waals surface area (Å²) in [7, 11) is 0. The predicted octanol–water partition coefficient (Wildman–Crippen LogP) is 15.2. The summed E-state index contributed by atoms with van der Waals surface area (Å²) >= 11 is 0. The summed E-state index contributed by atoms with van der Waals surface area (Å²) in [6, 6.07) is 62.4. The molecule has 0 atom stereocenters. The fraction of sp³-hybridized carbons (Fsp3) is 0.0182. The van der Waals surface area contributed by atoms with E-state index < -0.39 is 0 Å². The highest BCUT2D eigenvalue weighted by Gasteiger charge is 2.19. The van der Waals surface area contributed by atoms with Crippen LogP contribution in [0.2, 0.25) is 0 Å². The van der Waals surface area contributed by atoms with Gasteiger partial charge in [-0.2, -0.15) is 0 Å². The van der Waals surface area contributed by atoms with E-state index in [2.05, 4.69) is 191 Å². The van der Waals surface area contributed by atoms with Gasteiger partial charge in [-0.3, -0.25) is 0 Å². The highest BCUT2D eigenvalue weighted by molar-refractivity contribution is 6.26. The Kier molecular flexibility index (Phi) is 6.50. The number of furan rings is 1. The standard InChI is InChI=1S/C55H34N2O/c1-2-12-41-42-13-4-8-18-51(42)57(50(41)17-3-1)37-25-28-40-47-32-36(56-52-19-9-5-14-43(52)44-15-6-10-20-53(44)56)24-27-39(47)38-26-22-34(30-46(38)48(40)33-37)35-23-29-55-49(31-35)45-16-7-11-21-54(45)58-55/h2-33H,1H2. The third-order valence-electron chi connectivity index (χ3n) is 12.5. The number of fused-ring (bicyclic) bond motifs is 15. The van der Waals surface area contributed by atoms with Crippen molar-refractivity contribution in [1.29, 1.82) is 0 Å². The highest BCUT2D eigenvalue weighted by atomic mass is 16.3. The molecule has 3 heteroatoms. The van der Waals surface area contributed by atoms with Gasteiger partial charge in [0, 0.05) is 43.9 Å². The number of allylic oxidation sites excluding steroid dienone is 2. The van der Waals surface area contributed by atoms with Gasteiger partial charge in [0.25, 0.3) is 0 Å². The SMILES string of the molecule is C1=Cc2c(n(-c3ccc4c(c3)c3cc(-c5ccc6oc7ccccc7c6c5)ccc3c3ccc(-n5c6ccccc6c6ccccc65)cc34)c3ccccc23)C=CC1. The van der Waals surface area contributed by atoms with Gasteiger partial charge in [-0.05, 0) is 123 Å². The lowest BCUT2D eigenvalue weighted by Gasteiger charge is -2.17. The zero-order valence-corrected chi connectivity index (χ0v) is 31.5. The summed E-state index contributed by atoms with van der Waals surface area (Å²) in [5.74, 6) is 0. The summed E-state index contributed by atoms with van der Waals surface area (Å²) in [5, 5.41) is 13.5. The van der Waals surface area contributed by atoms with Crippen LogP contribution in [-0.4, -0.2) is 9.13 Å². The van der Waals surface area contributed by atoms with Gasteiger partial charge in [0.05, 0.1) is 22.2 Å². The average molecular weight is 739 g/mol. The van der Waals surface area contributed by atoms with E-state index in [0.717, 1.165) is 39.7 Å². The Morgan fingerprint density at radius 2 is 0.845 bits per heavy atom. The second-order valence-corrected chi connectivity index (χ2v) is 15.6. The molecule has 0 bridgehead atoms. The van der Waals surface area contributed by atoms with Gasteiger partial charge < -0.3 is 13.6 Å². The third-order valence-corrected chi connectivity index (χ3v) is 12.5. The number of nitrogens with zero attached hydrogens (tertiary/aromatic N) is 2. The van der Waals surface area contributed by atoms with Crippen molar-refractivity contribution >= 4 is 99.1 Å². The topological polar surface area (TPSA) is 23.0 Å². The molecule has 3 heterocycles. The van der Waals surface area contributed by atoms with Crippen LogP contribution >= 0.6 is 0 Å². The Labute approximate surface area is 333 Å². The van der Waals surface area contributed by atoms with Gasteiger partial charge in [0.15, 0.2) is 0 Å². The summed E-state index contributed by atoms with van der Waals surface area (Å²) in [5.41, 5.74) is 12.6. The van der Waals surface area contributed by atoms with Gasteiger partial charge >= 0.3 is 0 Å². The monoisotopic (exact) mass is 738 g/mol. The van der Waals surface area contributed by atoms with Gasteiger partial charge in [0.1, 0.15) is 11.2 Å². The summed E-state index contributed by atoms with van der Waals surface area (Å²) < 4.78 is 11.1. The molecule has 1 aliphatic rings. The van der Waals surface area contributed by atoms with Crippen molar-refractivity contribution in [3.05, 3.63) is 193 Å². The maximum Gasteiger partial charge on any atom is 0.135 e. The lowest BCUT2D eigenvalue weighted by Crippen LogP contribution is -1.98. The Balaban J connectivity index is 1.11. The molecule has 0 amide bonds. The normalized spacial score (nSPS) is 13.0. The summed E-state index contributed by atoms with van der Waals surface area (Å²) in [6.45, 7) is 0. The molecular weight excluding hydrogens is 705 g/mol. The largest absolute Gasteiger partial charge is 0.456 e. The van der Waals surface area contributed by atoms with Gasteiger partial charge in [0.2, 0.25) is 0 Å². The first-order chi connectivity index (χ1) is 28.8. The second-order valence-electron chi connectivity index (χ2n) is 15.6. The Morgan fingerprint density at radius 1 is 0.345 bits per heavy atom. The number of rotatable bonds is 3. The van der Waals surface area contributed by atoms with Crippen molar-refractivity contribution in [2.75, 3.05) is 0 Å². The molecule has 58 heavy (non-hydrogen) atoms. The maximum absolute atomic E-state index is 6.22. The van der Waals surface area contributed by atoms with E-state index in [1.54, 1.807) is 0 Å². The van der Waals surface area contributed by atoms with E-state index in [1.165, 1.54) is 87.4 Å². The van der Waals surface area contributed by atoms with E-state index >= 15 is 0 Å². The first kappa shape index (κ1) is 31.6. The lowest BCUT2D eigenvalue weighted by atomic mass is 9.91. The minimum Gasteiger partial charge on any atom is -0.456 e. The van der Waals surface area contributed by atoms with Gasteiger partial charge in [-0.15, -0.1) is 0 Å². The smallest absolute Gasteiger partial charge is 0.135 e. The molecule has 3 nitrogen and oxygen atoms in total. The van der Waals surface area contributed by atoms with Crippen LogP contribution < -0.4 is 0 Å². The highest BCUT2D eigenvalue weighted by Crippen LogP contribution is 2.42. The molecule has 9 aromatic carbocycles. The van der Waals surface area contributed by atoms with Crippen LogP contribution in [0.1, 0.15) is 17.7 Å². The number of aromatic nitrogens is 2. The minimum absolute atomic E-state index is 0.910. The van der Waals surface area contributed by atoms with Gasteiger partial charge in [-0.1, -0.05) is 121 Å². The summed E-state index contributed by atoms with van der Waals surface area (Å²) in [4.78, 5) is 0. The summed E-state index contributed by atoms with van der Waals surface area (Å²) in [6.07, 6.45) is 10.0. The molecule has 0 saturated carbocycles. The van der Waals surface area contributed by atoms with Crippen LogP contribution in [0.5, 0.6) is 0 Å². The van der Waals surface area contributed by atoms with Crippen LogP contribution in [0.25, 0.3) is 122 Å². The molecule has 12 aromatic rings. The Hall–Kier alpha value is -7.62. The molecule has 0 fully saturated rings. The number of para-hydroxylation sites is 4. The molecule has 0 spiro atoms. The Morgan fingerprint density at radius 3 is 1.59 bits per heavy atom. The van der Waals surface area contributed by atoms with E-state index in [-0.39, 0.29) is 0 Å². The minimum atomic E-state index is 0.910. The lowest BCUT2D eigenvalue weighted by molar-refractivity contribution is 0.669. The van der Waals surface area contributed by atoms with Crippen molar-refractivity contribution in [2.45, 2.75) is 6.42 Å². The van der Waals surface area contributed by atoms with Crippen molar-refractivity contribution in [3.63, 3.8) is 0 Å². The first-order valence-electron chi connectivity index (χ1n) is 20.1. The molecule has 1 aliphatic carbocycles. The van der Waals surface area contributed by atoms with E-state index in [1.807, 2.05) is 12.1 Å².